The van der Waals surface area contributed by atoms with Crippen LogP contribution in [0.2, 0.25) is 0 Å². The Kier molecular flexibility index (Phi) is 3.22. The van der Waals surface area contributed by atoms with Crippen LogP contribution < -0.4 is 0 Å². The second kappa shape index (κ2) is 4.88. The molecule has 1 aliphatic rings. The van der Waals surface area contributed by atoms with Gasteiger partial charge in [0.15, 0.2) is 0 Å². The number of rotatable bonds is 2. The Hall–Kier alpha value is -1.50. The maximum Gasteiger partial charge on any atom is 0.0291 e. The Morgan fingerprint density at radius 1 is 1.16 bits per heavy atom. The minimum Gasteiger partial charge on any atom is -0.351 e. The zero-order valence-electron chi connectivity index (χ0n) is 12.2. The van der Waals surface area contributed by atoms with Crippen LogP contribution in [0.5, 0.6) is 0 Å². The first-order chi connectivity index (χ1) is 9.16. The first-order valence-corrected chi connectivity index (χ1v) is 7.37. The molecule has 1 atom stereocenters. The van der Waals surface area contributed by atoms with Gasteiger partial charge < -0.3 is 4.57 Å². The largest absolute Gasteiger partial charge is 0.351 e. The lowest BCUT2D eigenvalue weighted by Gasteiger charge is -2.26. The zero-order valence-corrected chi connectivity index (χ0v) is 12.2. The topological polar surface area (TPSA) is 4.93 Å². The second-order valence-corrected chi connectivity index (χ2v) is 5.96. The first-order valence-electron chi connectivity index (χ1n) is 7.37. The van der Waals surface area contributed by atoms with E-state index in [1.54, 1.807) is 11.1 Å². The lowest BCUT2D eigenvalue weighted by molar-refractivity contribution is 0.479. The highest BCUT2D eigenvalue weighted by Gasteiger charge is 2.20. The van der Waals surface area contributed by atoms with Crippen LogP contribution in [0.25, 0.3) is 0 Å². The maximum absolute atomic E-state index is 2.46. The molecule has 0 fully saturated rings. The molecule has 0 saturated heterocycles. The van der Waals surface area contributed by atoms with Gasteiger partial charge in [-0.2, -0.15) is 0 Å². The number of aryl methyl sites for hydroxylation is 2. The van der Waals surface area contributed by atoms with Gasteiger partial charge in [-0.25, -0.2) is 0 Å². The van der Waals surface area contributed by atoms with Gasteiger partial charge >= 0.3 is 0 Å². The Labute approximate surface area is 116 Å². The number of aromatic nitrogens is 1. The van der Waals surface area contributed by atoms with Gasteiger partial charge in [0.2, 0.25) is 0 Å². The molecular weight excluding hydrogens is 230 g/mol. The first kappa shape index (κ1) is 12.5. The third-order valence-electron chi connectivity index (χ3n) is 4.83. The highest BCUT2D eigenvalue weighted by molar-refractivity contribution is 5.34. The molecule has 1 aromatic heterocycles. The lowest BCUT2D eigenvalue weighted by Crippen LogP contribution is -2.15. The summed E-state index contributed by atoms with van der Waals surface area (Å²) in [5, 5.41) is 0. The molecule has 0 saturated carbocycles. The van der Waals surface area contributed by atoms with Gasteiger partial charge in [0.05, 0.1) is 0 Å². The Morgan fingerprint density at radius 3 is 2.68 bits per heavy atom. The summed E-state index contributed by atoms with van der Waals surface area (Å²) >= 11 is 0. The summed E-state index contributed by atoms with van der Waals surface area (Å²) in [5.74, 6) is 0.690. The maximum atomic E-state index is 2.46. The summed E-state index contributed by atoms with van der Waals surface area (Å²) in [6.07, 6.45) is 6.24. The smallest absolute Gasteiger partial charge is 0.0291 e. The lowest BCUT2D eigenvalue weighted by atomic mass is 9.83. The van der Waals surface area contributed by atoms with Gasteiger partial charge in [0, 0.05) is 24.4 Å². The molecule has 1 aromatic carbocycles. The van der Waals surface area contributed by atoms with Gasteiger partial charge in [-0.3, -0.25) is 0 Å². The standard InChI is InChI=1S/C18H23N/c1-13-11-19(15(3)14(13)2)12-17-9-6-8-16-7-4-5-10-18(16)17/h4-5,7,10-11,17H,6,8-9,12H2,1-3H3. The molecule has 0 aliphatic heterocycles. The highest BCUT2D eigenvalue weighted by atomic mass is 15.0. The van der Waals surface area contributed by atoms with Crippen molar-refractivity contribution in [2.75, 3.05) is 0 Å². The fourth-order valence-corrected chi connectivity index (χ4v) is 3.40. The summed E-state index contributed by atoms with van der Waals surface area (Å²) in [6, 6.07) is 9.00. The third-order valence-corrected chi connectivity index (χ3v) is 4.83. The van der Waals surface area contributed by atoms with E-state index in [1.165, 1.54) is 36.1 Å². The van der Waals surface area contributed by atoms with Gasteiger partial charge in [-0.05, 0) is 62.3 Å². The van der Waals surface area contributed by atoms with E-state index in [9.17, 15) is 0 Å². The van der Waals surface area contributed by atoms with E-state index in [0.29, 0.717) is 5.92 Å². The van der Waals surface area contributed by atoms with Crippen molar-refractivity contribution in [2.45, 2.75) is 52.5 Å². The van der Waals surface area contributed by atoms with Crippen LogP contribution in [0.4, 0.5) is 0 Å². The van der Waals surface area contributed by atoms with Crippen molar-refractivity contribution < 1.29 is 0 Å². The van der Waals surface area contributed by atoms with Crippen molar-refractivity contribution in [2.24, 2.45) is 0 Å². The van der Waals surface area contributed by atoms with Crippen molar-refractivity contribution in [1.82, 2.24) is 4.57 Å². The summed E-state index contributed by atoms with van der Waals surface area (Å²) in [4.78, 5) is 0. The van der Waals surface area contributed by atoms with E-state index >= 15 is 0 Å². The molecule has 100 valence electrons. The number of nitrogens with zero attached hydrogens (tertiary/aromatic N) is 1. The molecule has 1 heterocycles. The third kappa shape index (κ3) is 2.22. The molecule has 1 nitrogen and oxygen atoms in total. The predicted molar refractivity (Wildman–Crippen MR) is 80.8 cm³/mol. The number of hydrogen-bond acceptors (Lipinski definition) is 0. The van der Waals surface area contributed by atoms with Crippen LogP contribution in [0.1, 0.15) is 46.7 Å². The van der Waals surface area contributed by atoms with Crippen LogP contribution in [0.3, 0.4) is 0 Å². The van der Waals surface area contributed by atoms with Gasteiger partial charge in [0.25, 0.3) is 0 Å². The van der Waals surface area contributed by atoms with Crippen molar-refractivity contribution in [1.29, 1.82) is 0 Å². The fraction of sp³-hybridized carbons (Fsp3) is 0.444. The molecule has 1 heteroatoms. The number of benzene rings is 1. The van der Waals surface area contributed by atoms with Crippen molar-refractivity contribution in [3.05, 3.63) is 58.4 Å². The molecule has 0 N–H and O–H groups in total. The van der Waals surface area contributed by atoms with E-state index < -0.39 is 0 Å². The molecule has 0 radical (unpaired) electrons. The monoisotopic (exact) mass is 253 g/mol. The minimum atomic E-state index is 0.690. The summed E-state index contributed by atoms with van der Waals surface area (Å²) in [5.41, 5.74) is 7.44. The Morgan fingerprint density at radius 2 is 1.95 bits per heavy atom. The minimum absolute atomic E-state index is 0.690. The van der Waals surface area contributed by atoms with E-state index in [2.05, 4.69) is 55.8 Å². The molecule has 0 spiro atoms. The molecule has 1 aliphatic carbocycles. The fourth-order valence-electron chi connectivity index (χ4n) is 3.40. The van der Waals surface area contributed by atoms with E-state index in [4.69, 9.17) is 0 Å². The number of fused-ring (bicyclic) bond motifs is 1. The van der Waals surface area contributed by atoms with Crippen LogP contribution in [-0.4, -0.2) is 4.57 Å². The molecule has 2 aromatic rings. The summed E-state index contributed by atoms with van der Waals surface area (Å²) in [7, 11) is 0. The van der Waals surface area contributed by atoms with Crippen LogP contribution >= 0.6 is 0 Å². The van der Waals surface area contributed by atoms with Gasteiger partial charge in [-0.15, -0.1) is 0 Å². The highest BCUT2D eigenvalue weighted by Crippen LogP contribution is 2.33. The van der Waals surface area contributed by atoms with Crippen molar-refractivity contribution >= 4 is 0 Å². The average Bonchev–Trinajstić information content (AvgIpc) is 2.67. The van der Waals surface area contributed by atoms with Crippen LogP contribution in [0.15, 0.2) is 30.5 Å². The van der Waals surface area contributed by atoms with E-state index in [1.807, 2.05) is 0 Å². The quantitative estimate of drug-likeness (QED) is 0.741. The number of hydrogen-bond donors (Lipinski definition) is 0. The van der Waals surface area contributed by atoms with E-state index in [0.717, 1.165) is 6.54 Å². The zero-order chi connectivity index (χ0) is 13.4. The molecule has 1 unspecified atom stereocenters. The summed E-state index contributed by atoms with van der Waals surface area (Å²) in [6.45, 7) is 7.83. The molecule has 0 bridgehead atoms. The average molecular weight is 253 g/mol. The molecule has 0 amide bonds. The normalized spacial score (nSPS) is 18.4. The van der Waals surface area contributed by atoms with Crippen LogP contribution in [-0.2, 0) is 13.0 Å². The van der Waals surface area contributed by atoms with Crippen molar-refractivity contribution in [3.63, 3.8) is 0 Å². The Balaban J connectivity index is 1.90. The van der Waals surface area contributed by atoms with E-state index in [-0.39, 0.29) is 0 Å². The predicted octanol–water partition coefficient (Wildman–Crippen LogP) is 4.53. The van der Waals surface area contributed by atoms with Gasteiger partial charge in [0.1, 0.15) is 0 Å². The molecule has 3 rings (SSSR count). The second-order valence-electron chi connectivity index (χ2n) is 5.96. The van der Waals surface area contributed by atoms with Gasteiger partial charge in [-0.1, -0.05) is 24.3 Å². The Bertz CT molecular complexity index is 592. The SMILES string of the molecule is Cc1cn(CC2CCCc3ccccc32)c(C)c1C. The molecular formula is C18H23N. The molecule has 19 heavy (non-hydrogen) atoms. The van der Waals surface area contributed by atoms with Crippen molar-refractivity contribution in [3.8, 4) is 0 Å². The van der Waals surface area contributed by atoms with Crippen LogP contribution in [0, 0.1) is 20.8 Å². The summed E-state index contributed by atoms with van der Waals surface area (Å²) < 4.78 is 2.46.